The van der Waals surface area contributed by atoms with Gasteiger partial charge in [-0.15, -0.1) is 0 Å². The van der Waals surface area contributed by atoms with E-state index < -0.39 is 21.1 Å². The molecule has 0 unspecified atom stereocenters. The molecule has 1 aromatic carbocycles. The molecular formula is C16H24FNO3S. The molecule has 6 heteroatoms. The van der Waals surface area contributed by atoms with E-state index in [-0.39, 0.29) is 23.1 Å². The number of hydrogen-bond donors (Lipinski definition) is 1. The molecule has 0 spiro atoms. The molecule has 0 heterocycles. The standard InChI is InChI=1S/C16H24FNO3S/c1-12(2)11-16(3,4)15(19)18-9-10-22(20,21)14-8-6-5-7-13(14)17/h5-8,12H,9-11H2,1-4H3,(H,18,19). The molecule has 1 N–H and O–H groups in total. The lowest BCUT2D eigenvalue weighted by atomic mass is 9.83. The Balaban J connectivity index is 2.64. The van der Waals surface area contributed by atoms with Gasteiger partial charge in [0.25, 0.3) is 0 Å². The van der Waals surface area contributed by atoms with Gasteiger partial charge in [-0.05, 0) is 24.5 Å². The Morgan fingerprint density at radius 3 is 2.41 bits per heavy atom. The summed E-state index contributed by atoms with van der Waals surface area (Å²) in [4.78, 5) is 11.8. The van der Waals surface area contributed by atoms with Crippen molar-refractivity contribution in [1.82, 2.24) is 5.32 Å². The molecule has 22 heavy (non-hydrogen) atoms. The van der Waals surface area contributed by atoms with Gasteiger partial charge in [0.2, 0.25) is 5.91 Å². The Morgan fingerprint density at radius 1 is 1.27 bits per heavy atom. The van der Waals surface area contributed by atoms with E-state index in [1.165, 1.54) is 18.2 Å². The third-order valence-corrected chi connectivity index (χ3v) is 5.10. The van der Waals surface area contributed by atoms with E-state index in [2.05, 4.69) is 5.32 Å². The van der Waals surface area contributed by atoms with Crippen LogP contribution in [0, 0.1) is 17.2 Å². The van der Waals surface area contributed by atoms with Gasteiger partial charge in [-0.1, -0.05) is 39.8 Å². The van der Waals surface area contributed by atoms with Crippen LogP contribution >= 0.6 is 0 Å². The van der Waals surface area contributed by atoms with Crippen molar-refractivity contribution in [2.45, 2.75) is 39.0 Å². The Hall–Kier alpha value is -1.43. The molecule has 1 rings (SSSR count). The lowest BCUT2D eigenvalue weighted by molar-refractivity contribution is -0.130. The van der Waals surface area contributed by atoms with Crippen molar-refractivity contribution >= 4 is 15.7 Å². The van der Waals surface area contributed by atoms with Crippen LogP contribution in [0.5, 0.6) is 0 Å². The first-order valence-corrected chi connectivity index (χ1v) is 8.97. The van der Waals surface area contributed by atoms with Crippen LogP contribution in [0.1, 0.15) is 34.1 Å². The second kappa shape index (κ2) is 7.22. The molecule has 0 atom stereocenters. The second-order valence-electron chi connectivity index (χ2n) is 6.49. The third kappa shape index (κ3) is 5.09. The molecule has 0 bridgehead atoms. The lowest BCUT2D eigenvalue weighted by Crippen LogP contribution is -2.39. The zero-order valence-electron chi connectivity index (χ0n) is 13.5. The van der Waals surface area contributed by atoms with Crippen LogP contribution < -0.4 is 5.32 Å². The summed E-state index contributed by atoms with van der Waals surface area (Å²) in [5.74, 6) is -0.918. The van der Waals surface area contributed by atoms with Gasteiger partial charge in [-0.3, -0.25) is 4.79 Å². The highest BCUT2D eigenvalue weighted by Gasteiger charge is 2.28. The van der Waals surface area contributed by atoms with E-state index in [4.69, 9.17) is 0 Å². The molecule has 0 aliphatic rings. The number of benzene rings is 1. The van der Waals surface area contributed by atoms with Crippen molar-refractivity contribution < 1.29 is 17.6 Å². The molecule has 0 aromatic heterocycles. The number of sulfone groups is 1. The van der Waals surface area contributed by atoms with Gasteiger partial charge in [-0.25, -0.2) is 12.8 Å². The summed E-state index contributed by atoms with van der Waals surface area (Å²) in [6, 6.07) is 5.25. The Labute approximate surface area is 132 Å². The quantitative estimate of drug-likeness (QED) is 0.836. The summed E-state index contributed by atoms with van der Waals surface area (Å²) in [7, 11) is -3.74. The minimum Gasteiger partial charge on any atom is -0.355 e. The monoisotopic (exact) mass is 329 g/mol. The molecule has 4 nitrogen and oxygen atoms in total. The summed E-state index contributed by atoms with van der Waals surface area (Å²) in [6.45, 7) is 7.67. The smallest absolute Gasteiger partial charge is 0.225 e. The van der Waals surface area contributed by atoms with Crippen molar-refractivity contribution in [1.29, 1.82) is 0 Å². The molecule has 0 aliphatic heterocycles. The first-order chi connectivity index (χ1) is 10.1. The molecule has 124 valence electrons. The number of amides is 1. The number of carbonyl (C=O) groups is 1. The highest BCUT2D eigenvalue weighted by atomic mass is 32.2. The van der Waals surface area contributed by atoms with Gasteiger partial charge in [0.1, 0.15) is 10.7 Å². The number of rotatable bonds is 7. The van der Waals surface area contributed by atoms with Crippen LogP contribution in [-0.4, -0.2) is 26.6 Å². The summed E-state index contributed by atoms with van der Waals surface area (Å²) < 4.78 is 37.7. The fourth-order valence-corrected chi connectivity index (χ4v) is 3.70. The first-order valence-electron chi connectivity index (χ1n) is 7.32. The summed E-state index contributed by atoms with van der Waals surface area (Å²) >= 11 is 0. The first kappa shape index (κ1) is 18.6. The lowest BCUT2D eigenvalue weighted by Gasteiger charge is -2.25. The van der Waals surface area contributed by atoms with Crippen LogP contribution in [0.2, 0.25) is 0 Å². The molecule has 0 saturated carbocycles. The van der Waals surface area contributed by atoms with Gasteiger partial charge in [0.05, 0.1) is 5.75 Å². The molecule has 0 aliphatic carbocycles. The van der Waals surface area contributed by atoms with Crippen molar-refractivity contribution in [3.8, 4) is 0 Å². The molecule has 0 saturated heterocycles. The fraction of sp³-hybridized carbons (Fsp3) is 0.562. The third-order valence-electron chi connectivity index (χ3n) is 3.36. The number of hydrogen-bond acceptors (Lipinski definition) is 3. The minimum atomic E-state index is -3.74. The Morgan fingerprint density at radius 2 is 1.86 bits per heavy atom. The minimum absolute atomic E-state index is 0.0307. The second-order valence-corrected chi connectivity index (χ2v) is 8.56. The van der Waals surface area contributed by atoms with E-state index in [0.29, 0.717) is 12.3 Å². The van der Waals surface area contributed by atoms with Crippen molar-refractivity contribution in [3.05, 3.63) is 30.1 Å². The van der Waals surface area contributed by atoms with Crippen molar-refractivity contribution in [2.24, 2.45) is 11.3 Å². The van der Waals surface area contributed by atoms with Crippen LogP contribution in [-0.2, 0) is 14.6 Å². The van der Waals surface area contributed by atoms with Crippen molar-refractivity contribution in [3.63, 3.8) is 0 Å². The van der Waals surface area contributed by atoms with Crippen LogP contribution in [0.15, 0.2) is 29.2 Å². The SMILES string of the molecule is CC(C)CC(C)(C)C(=O)NCCS(=O)(=O)c1ccccc1F. The highest BCUT2D eigenvalue weighted by molar-refractivity contribution is 7.91. The summed E-state index contributed by atoms with van der Waals surface area (Å²) in [5.41, 5.74) is -0.560. The van der Waals surface area contributed by atoms with Gasteiger partial charge < -0.3 is 5.32 Å². The summed E-state index contributed by atoms with van der Waals surface area (Å²) in [6.07, 6.45) is 0.707. The maximum Gasteiger partial charge on any atom is 0.225 e. The zero-order valence-corrected chi connectivity index (χ0v) is 14.3. The van der Waals surface area contributed by atoms with Crippen molar-refractivity contribution in [2.75, 3.05) is 12.3 Å². The van der Waals surface area contributed by atoms with E-state index in [0.717, 1.165) is 6.07 Å². The van der Waals surface area contributed by atoms with E-state index >= 15 is 0 Å². The number of carbonyl (C=O) groups excluding carboxylic acids is 1. The van der Waals surface area contributed by atoms with E-state index in [1.807, 2.05) is 27.7 Å². The zero-order chi connectivity index (χ0) is 17.0. The maximum atomic E-state index is 13.5. The Kier molecular flexibility index (Phi) is 6.11. The molecule has 1 aromatic rings. The van der Waals surface area contributed by atoms with E-state index in [9.17, 15) is 17.6 Å². The fourth-order valence-electron chi connectivity index (χ4n) is 2.46. The maximum absolute atomic E-state index is 13.5. The topological polar surface area (TPSA) is 63.2 Å². The van der Waals surface area contributed by atoms with Gasteiger partial charge in [0.15, 0.2) is 9.84 Å². The molecule has 0 fully saturated rings. The molecule has 1 amide bonds. The number of halogens is 1. The Bertz CT molecular complexity index is 624. The van der Waals surface area contributed by atoms with Gasteiger partial charge >= 0.3 is 0 Å². The van der Waals surface area contributed by atoms with Crippen LogP contribution in [0.4, 0.5) is 4.39 Å². The molecular weight excluding hydrogens is 305 g/mol. The number of nitrogens with one attached hydrogen (secondary N) is 1. The largest absolute Gasteiger partial charge is 0.355 e. The summed E-state index contributed by atoms with van der Waals surface area (Å²) in [5, 5.41) is 2.63. The molecule has 0 radical (unpaired) electrons. The van der Waals surface area contributed by atoms with Crippen LogP contribution in [0.25, 0.3) is 0 Å². The van der Waals surface area contributed by atoms with Gasteiger partial charge in [0, 0.05) is 12.0 Å². The highest BCUT2D eigenvalue weighted by Crippen LogP contribution is 2.25. The van der Waals surface area contributed by atoms with Gasteiger partial charge in [-0.2, -0.15) is 0 Å². The average Bonchev–Trinajstić information content (AvgIpc) is 2.37. The predicted octanol–water partition coefficient (Wildman–Crippen LogP) is 2.79. The predicted molar refractivity (Wildman–Crippen MR) is 84.7 cm³/mol. The average molecular weight is 329 g/mol. The van der Waals surface area contributed by atoms with Crippen LogP contribution in [0.3, 0.4) is 0 Å². The van der Waals surface area contributed by atoms with E-state index in [1.54, 1.807) is 0 Å². The normalized spacial score (nSPS) is 12.5.